The third kappa shape index (κ3) is 2.11. The highest BCUT2D eigenvalue weighted by Crippen LogP contribution is 2.68. The summed E-state index contributed by atoms with van der Waals surface area (Å²) >= 11 is 0. The number of rotatable bonds is 3. The van der Waals surface area contributed by atoms with Gasteiger partial charge in [0.05, 0.1) is 11.9 Å². The zero-order valence-electron chi connectivity index (χ0n) is 12.7. The fourth-order valence-corrected chi connectivity index (χ4v) is 2.99. The molecule has 3 rings (SSSR count). The second kappa shape index (κ2) is 4.38. The van der Waals surface area contributed by atoms with Gasteiger partial charge in [-0.15, -0.1) is 0 Å². The molecule has 0 spiro atoms. The van der Waals surface area contributed by atoms with Gasteiger partial charge in [-0.3, -0.25) is 4.79 Å². The van der Waals surface area contributed by atoms with Crippen LogP contribution < -0.4 is 5.32 Å². The fourth-order valence-electron chi connectivity index (χ4n) is 2.99. The minimum atomic E-state index is 0.0155. The summed E-state index contributed by atoms with van der Waals surface area (Å²) < 4.78 is 1.62. The van der Waals surface area contributed by atoms with E-state index in [0.29, 0.717) is 5.82 Å². The lowest BCUT2D eigenvalue weighted by Gasteiger charge is -2.06. The number of carbonyl (C=O) groups is 1. The predicted octanol–water partition coefficient (Wildman–Crippen LogP) is 2.28. The minimum absolute atomic E-state index is 0.0155. The monoisotopic (exact) mass is 285 g/mol. The molecule has 0 atom stereocenters. The van der Waals surface area contributed by atoms with Gasteiger partial charge in [0.2, 0.25) is 5.91 Å². The number of hydrogen-bond acceptors (Lipinski definition) is 4. The standard InChI is InChI=1S/C15H19N5O/c1-14(2)12(15(14,3)4)13(21)19-11-6-5-10(7-17-11)20-9-16-8-18-20/h5-9,12H,1-4H3,(H,17,19,21). The molecule has 0 radical (unpaired) electrons. The molecule has 0 aliphatic heterocycles. The number of anilines is 1. The second-order valence-corrected chi connectivity index (χ2v) is 6.61. The molecule has 0 saturated heterocycles. The maximum absolute atomic E-state index is 12.3. The zero-order valence-corrected chi connectivity index (χ0v) is 12.7. The van der Waals surface area contributed by atoms with Crippen molar-refractivity contribution in [3.63, 3.8) is 0 Å². The number of aromatic nitrogens is 4. The number of carbonyl (C=O) groups excluding carboxylic acids is 1. The quantitative estimate of drug-likeness (QED) is 0.939. The summed E-state index contributed by atoms with van der Waals surface area (Å²) in [5.74, 6) is 0.607. The van der Waals surface area contributed by atoms with Crippen LogP contribution >= 0.6 is 0 Å². The van der Waals surface area contributed by atoms with E-state index in [1.165, 1.54) is 6.33 Å². The van der Waals surface area contributed by atoms with Gasteiger partial charge in [-0.05, 0) is 23.0 Å². The molecule has 1 fully saturated rings. The van der Waals surface area contributed by atoms with Crippen molar-refractivity contribution in [1.82, 2.24) is 19.7 Å². The number of pyridine rings is 1. The van der Waals surface area contributed by atoms with Crippen molar-refractivity contribution in [2.24, 2.45) is 16.7 Å². The summed E-state index contributed by atoms with van der Waals surface area (Å²) in [4.78, 5) is 20.5. The Morgan fingerprint density at radius 3 is 2.43 bits per heavy atom. The lowest BCUT2D eigenvalue weighted by Crippen LogP contribution is -2.18. The first kappa shape index (κ1) is 13.7. The zero-order chi connectivity index (χ0) is 15.3. The van der Waals surface area contributed by atoms with Crippen LogP contribution in [-0.4, -0.2) is 25.7 Å². The van der Waals surface area contributed by atoms with Gasteiger partial charge in [-0.1, -0.05) is 27.7 Å². The molecule has 2 aromatic heterocycles. The van der Waals surface area contributed by atoms with E-state index in [0.717, 1.165) is 5.69 Å². The highest BCUT2D eigenvalue weighted by molar-refractivity contribution is 5.95. The van der Waals surface area contributed by atoms with Crippen LogP contribution in [0.15, 0.2) is 31.0 Å². The van der Waals surface area contributed by atoms with Gasteiger partial charge in [0, 0.05) is 5.92 Å². The molecule has 6 nitrogen and oxygen atoms in total. The Morgan fingerprint density at radius 2 is 1.95 bits per heavy atom. The SMILES string of the molecule is CC1(C)C(C(=O)Nc2ccc(-n3cncn3)cn2)C1(C)C. The van der Waals surface area contributed by atoms with E-state index in [1.807, 2.05) is 6.07 Å². The minimum Gasteiger partial charge on any atom is -0.310 e. The maximum atomic E-state index is 12.3. The summed E-state index contributed by atoms with van der Waals surface area (Å²) in [7, 11) is 0. The van der Waals surface area contributed by atoms with E-state index in [9.17, 15) is 4.79 Å². The molecular weight excluding hydrogens is 266 g/mol. The third-order valence-electron chi connectivity index (χ3n) is 4.97. The molecule has 6 heteroatoms. The van der Waals surface area contributed by atoms with E-state index < -0.39 is 0 Å². The van der Waals surface area contributed by atoms with Gasteiger partial charge in [0.1, 0.15) is 18.5 Å². The molecule has 1 N–H and O–H groups in total. The Labute approximate surface area is 123 Å². The van der Waals surface area contributed by atoms with Crippen LogP contribution in [0.1, 0.15) is 27.7 Å². The van der Waals surface area contributed by atoms with Crippen LogP contribution in [0.4, 0.5) is 5.82 Å². The van der Waals surface area contributed by atoms with Crippen LogP contribution in [0.5, 0.6) is 0 Å². The molecule has 110 valence electrons. The molecule has 1 aliphatic carbocycles. The Bertz CT molecular complexity index is 644. The van der Waals surface area contributed by atoms with E-state index in [2.05, 4.69) is 48.1 Å². The van der Waals surface area contributed by atoms with Crippen LogP contribution in [-0.2, 0) is 4.79 Å². The topological polar surface area (TPSA) is 72.7 Å². The average molecular weight is 285 g/mol. The van der Waals surface area contributed by atoms with Crippen molar-refractivity contribution in [1.29, 1.82) is 0 Å². The Hall–Kier alpha value is -2.24. The molecule has 0 aromatic carbocycles. The molecule has 2 aromatic rings. The summed E-state index contributed by atoms with van der Waals surface area (Å²) in [6.07, 6.45) is 4.73. The van der Waals surface area contributed by atoms with E-state index >= 15 is 0 Å². The van der Waals surface area contributed by atoms with Gasteiger partial charge < -0.3 is 5.32 Å². The first-order chi connectivity index (χ1) is 9.84. The lowest BCUT2D eigenvalue weighted by molar-refractivity contribution is -0.118. The van der Waals surface area contributed by atoms with Crippen molar-refractivity contribution in [2.45, 2.75) is 27.7 Å². The predicted molar refractivity (Wildman–Crippen MR) is 78.8 cm³/mol. The number of hydrogen-bond donors (Lipinski definition) is 1. The second-order valence-electron chi connectivity index (χ2n) is 6.61. The van der Waals surface area contributed by atoms with Gasteiger partial charge >= 0.3 is 0 Å². The Morgan fingerprint density at radius 1 is 1.24 bits per heavy atom. The largest absolute Gasteiger partial charge is 0.310 e. The van der Waals surface area contributed by atoms with Crippen LogP contribution in [0, 0.1) is 16.7 Å². The fraction of sp³-hybridized carbons (Fsp3) is 0.467. The van der Waals surface area contributed by atoms with E-state index in [-0.39, 0.29) is 22.7 Å². The first-order valence-electron chi connectivity index (χ1n) is 6.96. The molecule has 1 aliphatic rings. The smallest absolute Gasteiger partial charge is 0.229 e. The number of amides is 1. The average Bonchev–Trinajstić information content (AvgIpc) is 2.80. The van der Waals surface area contributed by atoms with Gasteiger partial charge in [-0.25, -0.2) is 14.6 Å². The van der Waals surface area contributed by atoms with Gasteiger partial charge in [-0.2, -0.15) is 5.10 Å². The molecule has 2 heterocycles. The summed E-state index contributed by atoms with van der Waals surface area (Å²) in [6.45, 7) is 8.49. The number of nitrogens with zero attached hydrogens (tertiary/aromatic N) is 4. The highest BCUT2D eigenvalue weighted by Gasteiger charge is 2.68. The molecule has 0 unspecified atom stereocenters. The lowest BCUT2D eigenvalue weighted by atomic mass is 10.0. The summed E-state index contributed by atoms with van der Waals surface area (Å²) in [5.41, 5.74) is 0.854. The maximum Gasteiger partial charge on any atom is 0.229 e. The van der Waals surface area contributed by atoms with E-state index in [1.54, 1.807) is 23.3 Å². The number of nitrogens with one attached hydrogen (secondary N) is 1. The van der Waals surface area contributed by atoms with Gasteiger partial charge in [0.15, 0.2) is 0 Å². The summed E-state index contributed by atoms with van der Waals surface area (Å²) in [6, 6.07) is 3.62. The normalized spacial score (nSPS) is 19.2. The molecule has 1 saturated carbocycles. The van der Waals surface area contributed by atoms with Gasteiger partial charge in [0.25, 0.3) is 0 Å². The van der Waals surface area contributed by atoms with Crippen molar-refractivity contribution in [3.05, 3.63) is 31.0 Å². The molecule has 1 amide bonds. The van der Waals surface area contributed by atoms with Crippen LogP contribution in [0.2, 0.25) is 0 Å². The third-order valence-corrected chi connectivity index (χ3v) is 4.97. The van der Waals surface area contributed by atoms with Crippen molar-refractivity contribution < 1.29 is 4.79 Å². The van der Waals surface area contributed by atoms with E-state index in [4.69, 9.17) is 0 Å². The molecular formula is C15H19N5O. The summed E-state index contributed by atoms with van der Waals surface area (Å²) in [5, 5.41) is 6.92. The van der Waals surface area contributed by atoms with Crippen LogP contribution in [0.3, 0.4) is 0 Å². The Balaban J connectivity index is 1.71. The van der Waals surface area contributed by atoms with Crippen molar-refractivity contribution in [3.8, 4) is 5.69 Å². The molecule has 21 heavy (non-hydrogen) atoms. The van der Waals surface area contributed by atoms with Crippen molar-refractivity contribution >= 4 is 11.7 Å². The first-order valence-corrected chi connectivity index (χ1v) is 6.96. The van der Waals surface area contributed by atoms with Crippen LogP contribution in [0.25, 0.3) is 5.69 Å². The van der Waals surface area contributed by atoms with Crippen molar-refractivity contribution in [2.75, 3.05) is 5.32 Å². The highest BCUT2D eigenvalue weighted by atomic mass is 16.2. The Kier molecular flexibility index (Phi) is 2.86. The molecule has 0 bridgehead atoms.